The topological polar surface area (TPSA) is 0 Å². The quantitative estimate of drug-likeness (QED) is 0.515. The molecule has 0 bridgehead atoms. The van der Waals surface area contributed by atoms with Crippen molar-refractivity contribution in [1.29, 1.82) is 0 Å². The first kappa shape index (κ1) is 11.5. The molecule has 0 amide bonds. The van der Waals surface area contributed by atoms with E-state index in [2.05, 4.69) is 27.7 Å². The number of hydrogen-bond donors (Lipinski definition) is 0. The lowest BCUT2D eigenvalue weighted by Gasteiger charge is -2.54. The molecule has 0 unspecified atom stereocenters. The summed E-state index contributed by atoms with van der Waals surface area (Å²) in [5, 5.41) is 0. The lowest BCUT2D eigenvalue weighted by molar-refractivity contribution is -0.0250. The van der Waals surface area contributed by atoms with E-state index in [-0.39, 0.29) is 0 Å². The molecule has 2 rings (SSSR count). The molecule has 0 heterocycles. The van der Waals surface area contributed by atoms with Gasteiger partial charge in [0.2, 0.25) is 0 Å². The van der Waals surface area contributed by atoms with E-state index >= 15 is 0 Å². The highest BCUT2D eigenvalue weighted by atomic mass is 14.5. The Labute approximate surface area is 95.8 Å². The molecule has 0 N–H and O–H groups in total. The molecule has 2 aliphatic rings. The molecule has 0 aromatic carbocycles. The smallest absolute Gasteiger partial charge is 0.0287 e. The molecular formula is C15H28. The summed E-state index contributed by atoms with van der Waals surface area (Å²) in [4.78, 5) is 0. The fraction of sp³-hybridized carbons (Fsp3) is 1.00. The SMILES string of the molecule is CC1(C)CC(C)(C)CC2(CCCCC2)C1. The second kappa shape index (κ2) is 3.50. The summed E-state index contributed by atoms with van der Waals surface area (Å²) >= 11 is 0. The highest BCUT2D eigenvalue weighted by Crippen LogP contribution is 2.59. The molecule has 2 fully saturated rings. The largest absolute Gasteiger partial charge is 0.0599 e. The second-order valence-electron chi connectivity index (χ2n) is 7.92. The zero-order chi connectivity index (χ0) is 11.2. The third-order valence-electron chi connectivity index (χ3n) is 4.58. The molecule has 15 heavy (non-hydrogen) atoms. The third-order valence-corrected chi connectivity index (χ3v) is 4.58. The predicted octanol–water partition coefficient (Wildman–Crippen LogP) is 5.17. The summed E-state index contributed by atoms with van der Waals surface area (Å²) < 4.78 is 0. The fourth-order valence-corrected chi connectivity index (χ4v) is 5.17. The van der Waals surface area contributed by atoms with Gasteiger partial charge in [-0.2, -0.15) is 0 Å². The van der Waals surface area contributed by atoms with Gasteiger partial charge >= 0.3 is 0 Å². The monoisotopic (exact) mass is 208 g/mol. The molecule has 1 spiro atoms. The summed E-state index contributed by atoms with van der Waals surface area (Å²) in [5.74, 6) is 0. The molecule has 0 saturated heterocycles. The third kappa shape index (κ3) is 2.57. The number of rotatable bonds is 0. The molecule has 0 aliphatic heterocycles. The van der Waals surface area contributed by atoms with Crippen LogP contribution < -0.4 is 0 Å². The van der Waals surface area contributed by atoms with Crippen LogP contribution >= 0.6 is 0 Å². The maximum absolute atomic E-state index is 2.49. The summed E-state index contributed by atoms with van der Waals surface area (Å²) in [6, 6.07) is 0. The van der Waals surface area contributed by atoms with Crippen molar-refractivity contribution in [1.82, 2.24) is 0 Å². The van der Waals surface area contributed by atoms with Crippen LogP contribution in [0.5, 0.6) is 0 Å². The van der Waals surface area contributed by atoms with Crippen LogP contribution in [-0.2, 0) is 0 Å². The molecule has 0 atom stereocenters. The van der Waals surface area contributed by atoms with Gasteiger partial charge in [0, 0.05) is 0 Å². The Morgan fingerprint density at radius 2 is 1.07 bits per heavy atom. The lowest BCUT2D eigenvalue weighted by atomic mass is 9.52. The van der Waals surface area contributed by atoms with Gasteiger partial charge in [-0.25, -0.2) is 0 Å². The minimum atomic E-state index is 0.582. The van der Waals surface area contributed by atoms with Gasteiger partial charge in [-0.15, -0.1) is 0 Å². The fourth-order valence-electron chi connectivity index (χ4n) is 5.17. The minimum Gasteiger partial charge on any atom is -0.0599 e. The zero-order valence-electron chi connectivity index (χ0n) is 11.2. The van der Waals surface area contributed by atoms with Crippen molar-refractivity contribution in [2.45, 2.75) is 79.1 Å². The second-order valence-corrected chi connectivity index (χ2v) is 7.92. The Balaban J connectivity index is 2.18. The first-order valence-electron chi connectivity index (χ1n) is 6.83. The average Bonchev–Trinajstić information content (AvgIpc) is 1.97. The van der Waals surface area contributed by atoms with Gasteiger partial charge in [-0.3, -0.25) is 0 Å². The van der Waals surface area contributed by atoms with Crippen LogP contribution in [0.2, 0.25) is 0 Å². The van der Waals surface area contributed by atoms with Crippen molar-refractivity contribution in [3.8, 4) is 0 Å². The molecule has 2 saturated carbocycles. The summed E-state index contributed by atoms with van der Waals surface area (Å²) in [7, 11) is 0. The molecule has 88 valence electrons. The summed E-state index contributed by atoms with van der Waals surface area (Å²) in [5.41, 5.74) is 1.89. The van der Waals surface area contributed by atoms with E-state index in [0.29, 0.717) is 10.8 Å². The Bertz CT molecular complexity index is 210. The number of hydrogen-bond acceptors (Lipinski definition) is 0. The molecule has 0 nitrogen and oxygen atoms in total. The molecule has 0 radical (unpaired) electrons. The van der Waals surface area contributed by atoms with E-state index in [1.54, 1.807) is 0 Å². The zero-order valence-corrected chi connectivity index (χ0v) is 11.2. The maximum atomic E-state index is 2.49. The van der Waals surface area contributed by atoms with Crippen molar-refractivity contribution in [2.24, 2.45) is 16.2 Å². The predicted molar refractivity (Wildman–Crippen MR) is 66.9 cm³/mol. The van der Waals surface area contributed by atoms with Crippen LogP contribution in [0.25, 0.3) is 0 Å². The van der Waals surface area contributed by atoms with Crippen LogP contribution in [0.1, 0.15) is 79.1 Å². The van der Waals surface area contributed by atoms with Crippen LogP contribution in [0.15, 0.2) is 0 Å². The van der Waals surface area contributed by atoms with Gasteiger partial charge < -0.3 is 0 Å². The normalized spacial score (nSPS) is 32.8. The standard InChI is InChI=1S/C15H28/c1-13(2)10-14(3,4)12-15(11-13)8-6-5-7-9-15/h5-12H2,1-4H3. The van der Waals surface area contributed by atoms with E-state index < -0.39 is 0 Å². The van der Waals surface area contributed by atoms with Gasteiger partial charge in [0.25, 0.3) is 0 Å². The van der Waals surface area contributed by atoms with Gasteiger partial charge in [0.15, 0.2) is 0 Å². The van der Waals surface area contributed by atoms with E-state index in [1.165, 1.54) is 51.4 Å². The molecule has 2 aliphatic carbocycles. The van der Waals surface area contributed by atoms with Crippen molar-refractivity contribution >= 4 is 0 Å². The molecular weight excluding hydrogens is 180 g/mol. The molecule has 0 heteroatoms. The maximum Gasteiger partial charge on any atom is -0.0287 e. The molecule has 0 aromatic rings. The van der Waals surface area contributed by atoms with E-state index in [9.17, 15) is 0 Å². The first-order valence-corrected chi connectivity index (χ1v) is 6.83. The van der Waals surface area contributed by atoms with Gasteiger partial charge in [0.05, 0.1) is 0 Å². The average molecular weight is 208 g/mol. The van der Waals surface area contributed by atoms with Crippen LogP contribution in [-0.4, -0.2) is 0 Å². The van der Waals surface area contributed by atoms with Gasteiger partial charge in [0.1, 0.15) is 0 Å². The van der Waals surface area contributed by atoms with E-state index in [4.69, 9.17) is 0 Å². The summed E-state index contributed by atoms with van der Waals surface area (Å²) in [6.45, 7) is 9.96. The lowest BCUT2D eigenvalue weighted by Crippen LogP contribution is -2.42. The van der Waals surface area contributed by atoms with Crippen LogP contribution in [0.3, 0.4) is 0 Å². The van der Waals surface area contributed by atoms with Crippen molar-refractivity contribution in [2.75, 3.05) is 0 Å². The van der Waals surface area contributed by atoms with Gasteiger partial charge in [-0.1, -0.05) is 47.0 Å². The van der Waals surface area contributed by atoms with Crippen molar-refractivity contribution < 1.29 is 0 Å². The van der Waals surface area contributed by atoms with Crippen LogP contribution in [0.4, 0.5) is 0 Å². The van der Waals surface area contributed by atoms with E-state index in [0.717, 1.165) is 5.41 Å². The summed E-state index contributed by atoms with van der Waals surface area (Å²) in [6.07, 6.45) is 11.9. The first-order chi connectivity index (χ1) is 6.83. The van der Waals surface area contributed by atoms with Crippen molar-refractivity contribution in [3.05, 3.63) is 0 Å². The minimum absolute atomic E-state index is 0.582. The van der Waals surface area contributed by atoms with Crippen LogP contribution in [0, 0.1) is 16.2 Å². The van der Waals surface area contributed by atoms with E-state index in [1.807, 2.05) is 0 Å². The van der Waals surface area contributed by atoms with Crippen molar-refractivity contribution in [3.63, 3.8) is 0 Å². The Morgan fingerprint density at radius 3 is 1.53 bits per heavy atom. The highest BCUT2D eigenvalue weighted by Gasteiger charge is 2.47. The molecule has 0 aromatic heterocycles. The van der Waals surface area contributed by atoms with Gasteiger partial charge in [-0.05, 0) is 48.3 Å². The highest BCUT2D eigenvalue weighted by molar-refractivity contribution is 4.98. The Kier molecular flexibility index (Phi) is 2.68. The Hall–Kier alpha value is 0. The Morgan fingerprint density at radius 1 is 0.600 bits per heavy atom.